The second-order valence-corrected chi connectivity index (χ2v) is 3.00. The fraction of sp³-hybridized carbons (Fsp3) is 0.125. The molecule has 0 N–H and O–H groups in total. The Morgan fingerprint density at radius 3 is 2.93 bits per heavy atom. The molecule has 0 aliphatic rings. The summed E-state index contributed by atoms with van der Waals surface area (Å²) in [7, 11) is 0. The number of nitrogens with zero attached hydrogens (tertiary/aromatic N) is 4. The molecule has 2 aromatic rings. The van der Waals surface area contributed by atoms with E-state index >= 15 is 0 Å². The van der Waals surface area contributed by atoms with Gasteiger partial charge in [0.2, 0.25) is 0 Å². The maximum Gasteiger partial charge on any atom is 0.324 e. The van der Waals surface area contributed by atoms with Crippen molar-refractivity contribution in [3.63, 3.8) is 0 Å². The average Bonchev–Trinajstić information content (AvgIpc) is 2.18. The molecule has 0 aromatic carbocycles. The lowest BCUT2D eigenvalue weighted by Gasteiger charge is -2.00. The Labute approximate surface area is 89.3 Å². The van der Waals surface area contributed by atoms with E-state index in [0.717, 1.165) is 0 Å². The molecule has 15 heavy (non-hydrogen) atoms. The van der Waals surface area contributed by atoms with E-state index in [1.165, 1.54) is 19.4 Å². The van der Waals surface area contributed by atoms with Crippen molar-refractivity contribution in [3.8, 4) is 6.01 Å². The largest absolute Gasteiger partial charge is 0.391 e. The number of aromatic nitrogens is 4. The molecule has 0 radical (unpaired) electrons. The Balaban J connectivity index is 2.54. The molecule has 0 fully saturated rings. The van der Waals surface area contributed by atoms with E-state index in [2.05, 4.69) is 19.9 Å². The van der Waals surface area contributed by atoms with Crippen molar-refractivity contribution < 1.29 is 9.53 Å². The van der Waals surface area contributed by atoms with Crippen molar-refractivity contribution in [2.45, 2.75) is 6.92 Å². The third-order valence-electron chi connectivity index (χ3n) is 1.55. The highest BCUT2D eigenvalue weighted by Crippen LogP contribution is 2.17. The first-order chi connectivity index (χ1) is 7.16. The summed E-state index contributed by atoms with van der Waals surface area (Å²) >= 11 is 5.78. The number of carbonyl (C=O) groups excluding carboxylic acids is 1. The fourth-order valence-electron chi connectivity index (χ4n) is 0.986. The van der Waals surface area contributed by atoms with Gasteiger partial charge in [-0.1, -0.05) is 11.6 Å². The monoisotopic (exact) mass is 224 g/mol. The summed E-state index contributed by atoms with van der Waals surface area (Å²) in [5.74, 6) is -0.498. The number of halogens is 1. The van der Waals surface area contributed by atoms with Crippen LogP contribution in [0.25, 0.3) is 11.0 Å². The minimum absolute atomic E-state index is 0.0632. The standard InChI is InChI=1S/C8H5ClN4O2/c1-4(14)15-8-10-2-5-6(13-8)7(9)12-3-11-5/h2-3H,1H3. The van der Waals surface area contributed by atoms with E-state index in [-0.39, 0.29) is 11.2 Å². The highest BCUT2D eigenvalue weighted by atomic mass is 35.5. The van der Waals surface area contributed by atoms with Gasteiger partial charge in [0.05, 0.1) is 6.20 Å². The highest BCUT2D eigenvalue weighted by Gasteiger charge is 2.07. The second-order valence-electron chi connectivity index (χ2n) is 2.64. The molecule has 0 unspecified atom stereocenters. The van der Waals surface area contributed by atoms with Crippen LogP contribution in [0.2, 0.25) is 5.15 Å². The highest BCUT2D eigenvalue weighted by molar-refractivity contribution is 6.33. The van der Waals surface area contributed by atoms with Gasteiger partial charge < -0.3 is 4.74 Å². The maximum atomic E-state index is 10.7. The predicted molar refractivity (Wildman–Crippen MR) is 51.4 cm³/mol. The van der Waals surface area contributed by atoms with Crippen LogP contribution in [-0.4, -0.2) is 25.9 Å². The van der Waals surface area contributed by atoms with Crippen LogP contribution in [0.15, 0.2) is 12.5 Å². The van der Waals surface area contributed by atoms with Gasteiger partial charge in [0, 0.05) is 6.92 Å². The van der Waals surface area contributed by atoms with Gasteiger partial charge in [-0.05, 0) is 0 Å². The topological polar surface area (TPSA) is 77.9 Å². The molecule has 6 nitrogen and oxygen atoms in total. The van der Waals surface area contributed by atoms with E-state index in [0.29, 0.717) is 11.0 Å². The van der Waals surface area contributed by atoms with E-state index < -0.39 is 5.97 Å². The molecule has 0 atom stereocenters. The first-order valence-electron chi connectivity index (χ1n) is 3.98. The number of esters is 1. The molecule has 2 heterocycles. The van der Waals surface area contributed by atoms with Crippen molar-refractivity contribution in [3.05, 3.63) is 17.7 Å². The summed E-state index contributed by atoms with van der Waals surface area (Å²) in [5, 5.41) is 0.191. The Morgan fingerprint density at radius 1 is 1.40 bits per heavy atom. The quantitative estimate of drug-likeness (QED) is 0.531. The van der Waals surface area contributed by atoms with Gasteiger partial charge in [0.15, 0.2) is 5.15 Å². The molecule has 0 saturated heterocycles. The van der Waals surface area contributed by atoms with Crippen molar-refractivity contribution in [1.82, 2.24) is 19.9 Å². The first kappa shape index (κ1) is 9.72. The van der Waals surface area contributed by atoms with Crippen LogP contribution in [0.3, 0.4) is 0 Å². The van der Waals surface area contributed by atoms with Crippen LogP contribution in [0, 0.1) is 0 Å². The predicted octanol–water partition coefficient (Wildman–Crippen LogP) is 0.998. The molecule has 2 aromatic heterocycles. The number of fused-ring (bicyclic) bond motifs is 1. The number of carbonyl (C=O) groups is 1. The summed E-state index contributed by atoms with van der Waals surface area (Å²) < 4.78 is 4.70. The Bertz CT molecular complexity index is 531. The Hall–Kier alpha value is -1.82. The number of rotatable bonds is 1. The summed E-state index contributed by atoms with van der Waals surface area (Å²) in [5.41, 5.74) is 0.844. The van der Waals surface area contributed by atoms with Gasteiger partial charge in [-0.25, -0.2) is 15.0 Å². The van der Waals surface area contributed by atoms with Crippen molar-refractivity contribution >= 4 is 28.6 Å². The lowest BCUT2D eigenvalue weighted by Crippen LogP contribution is -2.05. The molecule has 0 aliphatic carbocycles. The van der Waals surface area contributed by atoms with E-state index in [9.17, 15) is 4.79 Å². The van der Waals surface area contributed by atoms with Crippen LogP contribution >= 0.6 is 11.6 Å². The fourth-order valence-corrected chi connectivity index (χ4v) is 1.17. The SMILES string of the molecule is CC(=O)Oc1ncc2ncnc(Cl)c2n1. The second kappa shape index (κ2) is 3.74. The molecule has 2 rings (SSSR count). The van der Waals surface area contributed by atoms with Gasteiger partial charge in [0.25, 0.3) is 0 Å². The van der Waals surface area contributed by atoms with Crippen molar-refractivity contribution in [2.75, 3.05) is 0 Å². The van der Waals surface area contributed by atoms with E-state index in [1.807, 2.05) is 0 Å². The molecule has 0 aliphatic heterocycles. The van der Waals surface area contributed by atoms with Gasteiger partial charge >= 0.3 is 12.0 Å². The third kappa shape index (κ3) is 1.99. The zero-order chi connectivity index (χ0) is 10.8. The van der Waals surface area contributed by atoms with E-state index in [1.54, 1.807) is 0 Å². The van der Waals surface area contributed by atoms with Crippen LogP contribution in [-0.2, 0) is 4.79 Å². The Kier molecular flexibility index (Phi) is 2.42. The molecular formula is C8H5ClN4O2. The molecular weight excluding hydrogens is 220 g/mol. The third-order valence-corrected chi connectivity index (χ3v) is 1.82. The van der Waals surface area contributed by atoms with Crippen molar-refractivity contribution in [2.24, 2.45) is 0 Å². The maximum absolute atomic E-state index is 10.7. The molecule has 0 spiro atoms. The minimum atomic E-state index is -0.498. The van der Waals surface area contributed by atoms with E-state index in [4.69, 9.17) is 16.3 Å². The van der Waals surface area contributed by atoms with Gasteiger partial charge in [0.1, 0.15) is 17.4 Å². The summed E-state index contributed by atoms with van der Waals surface area (Å²) in [4.78, 5) is 26.0. The summed E-state index contributed by atoms with van der Waals surface area (Å²) in [6.07, 6.45) is 2.72. The number of ether oxygens (including phenoxy) is 1. The Morgan fingerprint density at radius 2 is 2.20 bits per heavy atom. The molecule has 7 heteroatoms. The molecule has 0 saturated carbocycles. The van der Waals surface area contributed by atoms with Gasteiger partial charge in [-0.3, -0.25) is 4.79 Å². The zero-order valence-corrected chi connectivity index (χ0v) is 8.39. The van der Waals surface area contributed by atoms with Crippen LogP contribution in [0.4, 0.5) is 0 Å². The number of hydrogen-bond acceptors (Lipinski definition) is 6. The van der Waals surface area contributed by atoms with Crippen molar-refractivity contribution in [1.29, 1.82) is 0 Å². The average molecular weight is 225 g/mol. The normalized spacial score (nSPS) is 10.3. The smallest absolute Gasteiger partial charge is 0.324 e. The minimum Gasteiger partial charge on any atom is -0.391 e. The molecule has 0 amide bonds. The van der Waals surface area contributed by atoms with Gasteiger partial charge in [-0.15, -0.1) is 0 Å². The van der Waals surface area contributed by atoms with Crippen LogP contribution < -0.4 is 4.74 Å². The summed E-state index contributed by atoms with van der Waals surface area (Å²) in [6.45, 7) is 1.26. The molecule has 0 bridgehead atoms. The van der Waals surface area contributed by atoms with Crippen LogP contribution in [0.1, 0.15) is 6.92 Å². The molecule has 76 valence electrons. The lowest BCUT2D eigenvalue weighted by molar-refractivity contribution is -0.132. The lowest BCUT2D eigenvalue weighted by atomic mass is 10.4. The number of hydrogen-bond donors (Lipinski definition) is 0. The van der Waals surface area contributed by atoms with Crippen LogP contribution in [0.5, 0.6) is 6.01 Å². The van der Waals surface area contributed by atoms with Gasteiger partial charge in [-0.2, -0.15) is 4.98 Å². The first-order valence-corrected chi connectivity index (χ1v) is 4.36. The summed E-state index contributed by atoms with van der Waals surface area (Å²) in [6, 6.07) is -0.0632. The zero-order valence-electron chi connectivity index (χ0n) is 7.64.